The minimum Gasteiger partial charge on any atom is -0.496 e. The maximum absolute atomic E-state index is 6.10. The van der Waals surface area contributed by atoms with Crippen LogP contribution in [-0.4, -0.2) is 7.11 Å². The highest BCUT2D eigenvalue weighted by molar-refractivity contribution is 5.39. The van der Waals surface area contributed by atoms with Crippen LogP contribution in [0.4, 0.5) is 0 Å². The van der Waals surface area contributed by atoms with Gasteiger partial charge in [0.1, 0.15) is 5.75 Å². The van der Waals surface area contributed by atoms with E-state index in [2.05, 4.69) is 19.6 Å². The molecule has 0 aliphatic carbocycles. The van der Waals surface area contributed by atoms with Gasteiger partial charge in [-0.15, -0.1) is 6.58 Å². The molecule has 1 aromatic rings. The van der Waals surface area contributed by atoms with Crippen molar-refractivity contribution in [1.82, 2.24) is 0 Å². The van der Waals surface area contributed by atoms with E-state index in [4.69, 9.17) is 10.5 Å². The van der Waals surface area contributed by atoms with E-state index in [1.807, 2.05) is 19.1 Å². The van der Waals surface area contributed by atoms with Crippen LogP contribution in [0.5, 0.6) is 5.75 Å². The summed E-state index contributed by atoms with van der Waals surface area (Å²) in [6, 6.07) is 6.03. The van der Waals surface area contributed by atoms with Gasteiger partial charge in [-0.2, -0.15) is 0 Å². The van der Waals surface area contributed by atoms with Crippen LogP contribution < -0.4 is 10.5 Å². The average molecular weight is 205 g/mol. The lowest BCUT2D eigenvalue weighted by molar-refractivity contribution is 0.405. The molecule has 2 N–H and O–H groups in total. The molecule has 0 spiro atoms. The van der Waals surface area contributed by atoms with Gasteiger partial charge in [0.2, 0.25) is 0 Å². The van der Waals surface area contributed by atoms with E-state index in [1.165, 1.54) is 5.56 Å². The summed E-state index contributed by atoms with van der Waals surface area (Å²) < 4.78 is 5.29. The molecule has 1 atom stereocenters. The summed E-state index contributed by atoms with van der Waals surface area (Å²) in [5.41, 5.74) is 9.44. The van der Waals surface area contributed by atoms with Crippen LogP contribution in [0.3, 0.4) is 0 Å². The standard InChI is InChI=1S/C13H19NO/c1-9(2)7-12(14)11-8-10(3)5-6-13(11)15-4/h5-6,8,12H,1,7,14H2,2-4H3. The van der Waals surface area contributed by atoms with Crippen molar-refractivity contribution in [1.29, 1.82) is 0 Å². The number of hydrogen-bond acceptors (Lipinski definition) is 2. The smallest absolute Gasteiger partial charge is 0.123 e. The van der Waals surface area contributed by atoms with Crippen LogP contribution in [0.1, 0.15) is 30.5 Å². The first kappa shape index (κ1) is 11.8. The van der Waals surface area contributed by atoms with Gasteiger partial charge in [-0.05, 0) is 26.3 Å². The van der Waals surface area contributed by atoms with Crippen molar-refractivity contribution in [2.45, 2.75) is 26.3 Å². The maximum Gasteiger partial charge on any atom is 0.123 e. The second-order valence-electron chi connectivity index (χ2n) is 4.01. The van der Waals surface area contributed by atoms with Crippen LogP contribution in [0.2, 0.25) is 0 Å². The number of aryl methyl sites for hydroxylation is 1. The summed E-state index contributed by atoms with van der Waals surface area (Å²) in [5, 5.41) is 0. The lowest BCUT2D eigenvalue weighted by atomic mass is 9.98. The van der Waals surface area contributed by atoms with Crippen molar-refractivity contribution in [2.24, 2.45) is 5.73 Å². The fraction of sp³-hybridized carbons (Fsp3) is 0.385. The Morgan fingerprint density at radius 2 is 2.20 bits per heavy atom. The first-order chi connectivity index (χ1) is 7.04. The molecule has 1 aromatic carbocycles. The van der Waals surface area contributed by atoms with Crippen LogP contribution in [0.15, 0.2) is 30.4 Å². The molecule has 82 valence electrons. The van der Waals surface area contributed by atoms with Crippen LogP contribution >= 0.6 is 0 Å². The molecule has 0 radical (unpaired) electrons. The zero-order chi connectivity index (χ0) is 11.4. The minimum absolute atomic E-state index is 0.0302. The Labute approximate surface area is 91.7 Å². The van der Waals surface area contributed by atoms with Gasteiger partial charge < -0.3 is 10.5 Å². The number of ether oxygens (including phenoxy) is 1. The van der Waals surface area contributed by atoms with Gasteiger partial charge in [0.15, 0.2) is 0 Å². The van der Waals surface area contributed by atoms with Crippen LogP contribution in [0, 0.1) is 6.92 Å². The highest BCUT2D eigenvalue weighted by Gasteiger charge is 2.11. The zero-order valence-corrected chi connectivity index (χ0v) is 9.71. The third kappa shape index (κ3) is 3.10. The van der Waals surface area contributed by atoms with Crippen LogP contribution in [0.25, 0.3) is 0 Å². The molecule has 1 rings (SSSR count). The summed E-state index contributed by atoms with van der Waals surface area (Å²) in [5.74, 6) is 0.856. The Morgan fingerprint density at radius 1 is 1.53 bits per heavy atom. The van der Waals surface area contributed by atoms with Crippen molar-refractivity contribution in [2.75, 3.05) is 7.11 Å². The molecule has 0 aromatic heterocycles. The summed E-state index contributed by atoms with van der Waals surface area (Å²) in [7, 11) is 1.67. The van der Waals surface area contributed by atoms with E-state index in [-0.39, 0.29) is 6.04 Å². The van der Waals surface area contributed by atoms with Gasteiger partial charge in [0, 0.05) is 11.6 Å². The number of hydrogen-bond donors (Lipinski definition) is 1. The van der Waals surface area contributed by atoms with Gasteiger partial charge in [0.25, 0.3) is 0 Å². The Hall–Kier alpha value is -1.28. The Morgan fingerprint density at radius 3 is 2.73 bits per heavy atom. The summed E-state index contributed by atoms with van der Waals surface area (Å²) in [6.07, 6.45) is 0.791. The van der Waals surface area contributed by atoms with E-state index in [0.29, 0.717) is 0 Å². The normalized spacial score (nSPS) is 12.3. The Balaban J connectivity index is 2.99. The monoisotopic (exact) mass is 205 g/mol. The molecule has 0 saturated heterocycles. The molecule has 15 heavy (non-hydrogen) atoms. The molecular weight excluding hydrogens is 186 g/mol. The minimum atomic E-state index is -0.0302. The highest BCUT2D eigenvalue weighted by atomic mass is 16.5. The van der Waals surface area contributed by atoms with E-state index in [9.17, 15) is 0 Å². The van der Waals surface area contributed by atoms with E-state index in [0.717, 1.165) is 23.3 Å². The van der Waals surface area contributed by atoms with Crippen molar-refractivity contribution in [3.8, 4) is 5.75 Å². The van der Waals surface area contributed by atoms with Crippen LogP contribution in [-0.2, 0) is 0 Å². The highest BCUT2D eigenvalue weighted by Crippen LogP contribution is 2.28. The molecule has 0 saturated carbocycles. The number of methoxy groups -OCH3 is 1. The van der Waals surface area contributed by atoms with E-state index in [1.54, 1.807) is 7.11 Å². The largest absolute Gasteiger partial charge is 0.496 e. The third-order valence-electron chi connectivity index (χ3n) is 2.35. The van der Waals surface area contributed by atoms with Crippen molar-refractivity contribution < 1.29 is 4.74 Å². The summed E-state index contributed by atoms with van der Waals surface area (Å²) in [4.78, 5) is 0. The molecule has 0 amide bonds. The predicted octanol–water partition coefficient (Wildman–Crippen LogP) is 2.97. The molecule has 0 aliphatic heterocycles. The van der Waals surface area contributed by atoms with Crippen molar-refractivity contribution in [3.05, 3.63) is 41.5 Å². The third-order valence-corrected chi connectivity index (χ3v) is 2.35. The summed E-state index contributed by atoms with van der Waals surface area (Å²) in [6.45, 7) is 7.92. The number of benzene rings is 1. The zero-order valence-electron chi connectivity index (χ0n) is 9.71. The first-order valence-corrected chi connectivity index (χ1v) is 5.09. The fourth-order valence-electron chi connectivity index (χ4n) is 1.63. The maximum atomic E-state index is 6.10. The topological polar surface area (TPSA) is 35.2 Å². The van der Waals surface area contributed by atoms with Gasteiger partial charge in [-0.25, -0.2) is 0 Å². The summed E-state index contributed by atoms with van der Waals surface area (Å²) >= 11 is 0. The van der Waals surface area contributed by atoms with Gasteiger partial charge >= 0.3 is 0 Å². The molecule has 1 unspecified atom stereocenters. The second-order valence-corrected chi connectivity index (χ2v) is 4.01. The fourth-order valence-corrected chi connectivity index (χ4v) is 1.63. The van der Waals surface area contributed by atoms with Crippen molar-refractivity contribution in [3.63, 3.8) is 0 Å². The molecule has 2 nitrogen and oxygen atoms in total. The van der Waals surface area contributed by atoms with Crippen molar-refractivity contribution >= 4 is 0 Å². The lowest BCUT2D eigenvalue weighted by Crippen LogP contribution is -2.12. The predicted molar refractivity (Wildman–Crippen MR) is 64.1 cm³/mol. The quantitative estimate of drug-likeness (QED) is 0.767. The molecule has 2 heteroatoms. The SMILES string of the molecule is C=C(C)CC(N)c1cc(C)ccc1OC. The molecule has 0 bridgehead atoms. The van der Waals surface area contributed by atoms with Gasteiger partial charge in [-0.1, -0.05) is 23.3 Å². The first-order valence-electron chi connectivity index (χ1n) is 5.09. The average Bonchev–Trinajstić information content (AvgIpc) is 2.16. The molecular formula is C13H19NO. The van der Waals surface area contributed by atoms with E-state index >= 15 is 0 Å². The second kappa shape index (κ2) is 4.99. The molecule has 0 aliphatic rings. The molecule has 0 fully saturated rings. The Bertz CT molecular complexity index is 358. The number of rotatable bonds is 4. The lowest BCUT2D eigenvalue weighted by Gasteiger charge is -2.16. The number of nitrogens with two attached hydrogens (primary N) is 1. The van der Waals surface area contributed by atoms with Gasteiger partial charge in [-0.3, -0.25) is 0 Å². The van der Waals surface area contributed by atoms with E-state index < -0.39 is 0 Å². The van der Waals surface area contributed by atoms with Gasteiger partial charge in [0.05, 0.1) is 7.11 Å². The Kier molecular flexibility index (Phi) is 3.92. The molecule has 0 heterocycles.